The molecule has 28 heavy (non-hydrogen) atoms. The normalized spacial score (nSPS) is 16.6. The Hall–Kier alpha value is -2.68. The topological polar surface area (TPSA) is 84.7 Å². The lowest BCUT2D eigenvalue weighted by Crippen LogP contribution is -2.33. The molecule has 7 nitrogen and oxygen atoms in total. The lowest BCUT2D eigenvalue weighted by molar-refractivity contribution is 0.0536. The van der Waals surface area contributed by atoms with Gasteiger partial charge in [-0.05, 0) is 11.1 Å². The molecular weight excluding hydrogens is 378 g/mol. The summed E-state index contributed by atoms with van der Waals surface area (Å²) in [4.78, 5) is 0.0197. The maximum absolute atomic E-state index is 13.5. The summed E-state index contributed by atoms with van der Waals surface area (Å²) in [6.07, 6.45) is 0.596. The molecule has 1 aliphatic heterocycles. The number of ether oxygens (including phenoxy) is 1. The Labute approximate surface area is 163 Å². The predicted octanol–water partition coefficient (Wildman–Crippen LogP) is 2.03. The van der Waals surface area contributed by atoms with Crippen LogP contribution in [0.5, 0.6) is 5.88 Å². The molecule has 0 saturated heterocycles. The SMILES string of the molecule is O=S(=O)(c1cnn2c1OCC(O)C2)N(Cc1ccccc1)Cc1ccccc1. The van der Waals surface area contributed by atoms with Gasteiger partial charge in [0, 0.05) is 13.1 Å². The van der Waals surface area contributed by atoms with Crippen LogP contribution >= 0.6 is 0 Å². The maximum Gasteiger partial charge on any atom is 0.250 e. The second-order valence-electron chi connectivity index (χ2n) is 6.71. The molecule has 0 bridgehead atoms. The second-order valence-corrected chi connectivity index (χ2v) is 8.61. The fourth-order valence-electron chi connectivity index (χ4n) is 3.18. The van der Waals surface area contributed by atoms with Gasteiger partial charge in [-0.3, -0.25) is 0 Å². The van der Waals surface area contributed by atoms with E-state index in [2.05, 4.69) is 5.10 Å². The van der Waals surface area contributed by atoms with E-state index in [0.717, 1.165) is 11.1 Å². The van der Waals surface area contributed by atoms with Crippen molar-refractivity contribution in [3.05, 3.63) is 78.0 Å². The molecule has 4 rings (SSSR count). The van der Waals surface area contributed by atoms with Crippen LogP contribution in [0, 0.1) is 0 Å². The number of aliphatic hydroxyl groups is 1. The number of aromatic nitrogens is 2. The van der Waals surface area contributed by atoms with Crippen molar-refractivity contribution in [2.45, 2.75) is 30.6 Å². The van der Waals surface area contributed by atoms with E-state index in [1.165, 1.54) is 15.2 Å². The summed E-state index contributed by atoms with van der Waals surface area (Å²) in [7, 11) is -3.87. The van der Waals surface area contributed by atoms with Crippen molar-refractivity contribution in [1.82, 2.24) is 14.1 Å². The van der Waals surface area contributed by atoms with E-state index >= 15 is 0 Å². The van der Waals surface area contributed by atoms with Crippen LogP contribution in [0.2, 0.25) is 0 Å². The van der Waals surface area contributed by atoms with E-state index in [1.807, 2.05) is 60.7 Å². The average Bonchev–Trinajstić information content (AvgIpc) is 3.13. The first-order chi connectivity index (χ1) is 13.5. The molecular formula is C20H21N3O4S. The molecule has 146 valence electrons. The third-order valence-corrected chi connectivity index (χ3v) is 6.35. The standard InChI is InChI=1S/C20H21N3O4S/c24-18-14-23-20(27-15-18)19(11-21-23)28(25,26)22(12-16-7-3-1-4-8-16)13-17-9-5-2-6-10-17/h1-11,18,24H,12-15H2. The van der Waals surface area contributed by atoms with Crippen LogP contribution in [0.1, 0.15) is 11.1 Å². The highest BCUT2D eigenvalue weighted by molar-refractivity contribution is 7.89. The summed E-state index contributed by atoms with van der Waals surface area (Å²) < 4.78 is 35.3. The first-order valence-electron chi connectivity index (χ1n) is 8.99. The summed E-state index contributed by atoms with van der Waals surface area (Å²) in [5.41, 5.74) is 1.78. The third kappa shape index (κ3) is 3.80. The van der Waals surface area contributed by atoms with Crippen molar-refractivity contribution in [2.24, 2.45) is 0 Å². The summed E-state index contributed by atoms with van der Waals surface area (Å²) in [6, 6.07) is 18.9. The van der Waals surface area contributed by atoms with Crippen molar-refractivity contribution in [3.8, 4) is 5.88 Å². The van der Waals surface area contributed by atoms with E-state index in [9.17, 15) is 13.5 Å². The lowest BCUT2D eigenvalue weighted by Gasteiger charge is -2.24. The number of aliphatic hydroxyl groups excluding tert-OH is 1. The van der Waals surface area contributed by atoms with Crippen LogP contribution in [0.3, 0.4) is 0 Å². The largest absolute Gasteiger partial charge is 0.474 e. The Bertz CT molecular complexity index is 994. The minimum Gasteiger partial charge on any atom is -0.474 e. The molecule has 1 N–H and O–H groups in total. The Kier molecular flexibility index (Phi) is 5.17. The fourth-order valence-corrected chi connectivity index (χ4v) is 4.66. The molecule has 0 amide bonds. The zero-order chi connectivity index (χ0) is 19.6. The van der Waals surface area contributed by atoms with Crippen LogP contribution in [-0.4, -0.2) is 40.3 Å². The summed E-state index contributed by atoms with van der Waals surface area (Å²) in [5.74, 6) is 0.177. The first kappa shape index (κ1) is 18.7. The smallest absolute Gasteiger partial charge is 0.250 e. The molecule has 8 heteroatoms. The molecule has 0 spiro atoms. The molecule has 1 atom stereocenters. The van der Waals surface area contributed by atoms with Gasteiger partial charge in [0.05, 0.1) is 12.7 Å². The van der Waals surface area contributed by atoms with Gasteiger partial charge < -0.3 is 9.84 Å². The van der Waals surface area contributed by atoms with Gasteiger partial charge in [0.1, 0.15) is 12.7 Å². The molecule has 1 aromatic heterocycles. The number of nitrogens with zero attached hydrogens (tertiary/aromatic N) is 3. The van der Waals surface area contributed by atoms with Gasteiger partial charge in [-0.25, -0.2) is 13.1 Å². The van der Waals surface area contributed by atoms with Crippen LogP contribution in [0.25, 0.3) is 0 Å². The Morgan fingerprint density at radius 2 is 1.61 bits per heavy atom. The third-order valence-electron chi connectivity index (χ3n) is 4.58. The van der Waals surface area contributed by atoms with E-state index in [0.29, 0.717) is 0 Å². The minimum atomic E-state index is -3.87. The molecule has 2 heterocycles. The summed E-state index contributed by atoms with van der Waals surface area (Å²) in [5, 5.41) is 13.8. The molecule has 1 aliphatic rings. The number of hydrogen-bond acceptors (Lipinski definition) is 5. The van der Waals surface area contributed by atoms with Crippen molar-refractivity contribution in [2.75, 3.05) is 6.61 Å². The van der Waals surface area contributed by atoms with Gasteiger partial charge >= 0.3 is 0 Å². The zero-order valence-corrected chi connectivity index (χ0v) is 16.0. The molecule has 0 aliphatic carbocycles. The van der Waals surface area contributed by atoms with E-state index in [-0.39, 0.29) is 37.0 Å². The minimum absolute atomic E-state index is 0.0197. The van der Waals surface area contributed by atoms with Gasteiger partial charge in [-0.2, -0.15) is 9.40 Å². The van der Waals surface area contributed by atoms with Crippen molar-refractivity contribution in [1.29, 1.82) is 0 Å². The highest BCUT2D eigenvalue weighted by Crippen LogP contribution is 2.31. The molecule has 0 radical (unpaired) electrons. The van der Waals surface area contributed by atoms with Crippen LogP contribution in [0.15, 0.2) is 71.8 Å². The lowest BCUT2D eigenvalue weighted by atomic mass is 10.2. The number of benzene rings is 2. The van der Waals surface area contributed by atoms with E-state index < -0.39 is 16.1 Å². The van der Waals surface area contributed by atoms with Gasteiger partial charge in [-0.1, -0.05) is 60.7 Å². The van der Waals surface area contributed by atoms with Crippen LogP contribution < -0.4 is 4.74 Å². The van der Waals surface area contributed by atoms with E-state index in [4.69, 9.17) is 4.74 Å². The molecule has 1 unspecified atom stereocenters. The average molecular weight is 399 g/mol. The number of rotatable bonds is 6. The number of hydrogen-bond donors (Lipinski definition) is 1. The maximum atomic E-state index is 13.5. The van der Waals surface area contributed by atoms with Gasteiger partial charge in [0.2, 0.25) is 5.88 Å². The highest BCUT2D eigenvalue weighted by Gasteiger charge is 2.33. The second kappa shape index (κ2) is 7.75. The Balaban J connectivity index is 1.70. The Morgan fingerprint density at radius 3 is 2.18 bits per heavy atom. The van der Waals surface area contributed by atoms with E-state index in [1.54, 1.807) is 0 Å². The molecule has 0 saturated carbocycles. The van der Waals surface area contributed by atoms with Crippen molar-refractivity contribution < 1.29 is 18.3 Å². The summed E-state index contributed by atoms with van der Waals surface area (Å²) in [6.45, 7) is 0.713. The fraction of sp³-hybridized carbons (Fsp3) is 0.250. The highest BCUT2D eigenvalue weighted by atomic mass is 32.2. The van der Waals surface area contributed by atoms with Gasteiger partial charge in [0.25, 0.3) is 10.0 Å². The molecule has 0 fully saturated rings. The quantitative estimate of drug-likeness (QED) is 0.686. The first-order valence-corrected chi connectivity index (χ1v) is 10.4. The van der Waals surface area contributed by atoms with Crippen molar-refractivity contribution in [3.63, 3.8) is 0 Å². The van der Waals surface area contributed by atoms with Crippen LogP contribution in [0.4, 0.5) is 0 Å². The molecule has 2 aromatic carbocycles. The molecule has 3 aromatic rings. The monoisotopic (exact) mass is 399 g/mol. The number of fused-ring (bicyclic) bond motifs is 1. The predicted molar refractivity (Wildman–Crippen MR) is 103 cm³/mol. The summed E-state index contributed by atoms with van der Waals surface area (Å²) >= 11 is 0. The number of sulfonamides is 1. The zero-order valence-electron chi connectivity index (χ0n) is 15.2. The van der Waals surface area contributed by atoms with Crippen LogP contribution in [-0.2, 0) is 29.7 Å². The van der Waals surface area contributed by atoms with Gasteiger partial charge in [0.15, 0.2) is 4.90 Å². The van der Waals surface area contributed by atoms with Gasteiger partial charge in [-0.15, -0.1) is 0 Å². The Morgan fingerprint density at radius 1 is 1.04 bits per heavy atom. The van der Waals surface area contributed by atoms with Crippen molar-refractivity contribution >= 4 is 10.0 Å².